The van der Waals surface area contributed by atoms with Crippen molar-refractivity contribution < 1.29 is 13.5 Å². The number of aryl methyl sites for hydroxylation is 1. The van der Waals surface area contributed by atoms with Gasteiger partial charge < -0.3 is 5.11 Å². The van der Waals surface area contributed by atoms with Crippen LogP contribution in [0.15, 0.2) is 29.6 Å². The third kappa shape index (κ3) is 4.26. The van der Waals surface area contributed by atoms with Gasteiger partial charge >= 0.3 is 0 Å². The quantitative estimate of drug-likeness (QED) is 0.829. The molecule has 0 aliphatic heterocycles. The zero-order chi connectivity index (χ0) is 15.3. The van der Waals surface area contributed by atoms with Crippen molar-refractivity contribution >= 4 is 26.5 Å². The van der Waals surface area contributed by atoms with Crippen LogP contribution in [-0.4, -0.2) is 30.1 Å². The summed E-state index contributed by atoms with van der Waals surface area (Å²) in [6.45, 7) is 1.80. The number of aliphatic hydroxyl groups excluding tert-OH is 1. The van der Waals surface area contributed by atoms with E-state index in [1.54, 1.807) is 6.20 Å². The van der Waals surface area contributed by atoms with Gasteiger partial charge in [0.1, 0.15) is 4.90 Å². The van der Waals surface area contributed by atoms with Crippen molar-refractivity contribution in [3.63, 3.8) is 0 Å². The highest BCUT2D eigenvalue weighted by Crippen LogP contribution is 2.20. The SMILES string of the molecule is Cc1cnc(NS(=O)(=O)c2cncc(C#CCCO)c2)s1. The first-order valence-electron chi connectivity index (χ1n) is 6.01. The molecule has 0 radical (unpaired) electrons. The minimum absolute atomic E-state index is 0.0196. The Balaban J connectivity index is 2.24. The molecule has 2 heterocycles. The van der Waals surface area contributed by atoms with E-state index in [4.69, 9.17) is 5.11 Å². The lowest BCUT2D eigenvalue weighted by atomic mass is 10.3. The molecule has 0 fully saturated rings. The zero-order valence-electron chi connectivity index (χ0n) is 11.2. The Morgan fingerprint density at radius 1 is 1.38 bits per heavy atom. The van der Waals surface area contributed by atoms with Crippen LogP contribution in [0.1, 0.15) is 16.9 Å². The van der Waals surface area contributed by atoms with E-state index in [2.05, 4.69) is 26.5 Å². The van der Waals surface area contributed by atoms with Gasteiger partial charge in [-0.15, -0.1) is 11.3 Å². The molecule has 0 aliphatic rings. The fourth-order valence-corrected chi connectivity index (χ4v) is 3.32. The Morgan fingerprint density at radius 2 is 2.19 bits per heavy atom. The second-order valence-electron chi connectivity index (χ2n) is 4.07. The molecular formula is C13H13N3O3S2. The molecule has 0 aliphatic carbocycles. The molecule has 2 N–H and O–H groups in total. The van der Waals surface area contributed by atoms with Crippen LogP contribution in [0.2, 0.25) is 0 Å². The Kier molecular flexibility index (Phi) is 4.90. The van der Waals surface area contributed by atoms with Crippen LogP contribution < -0.4 is 4.72 Å². The number of rotatable bonds is 4. The zero-order valence-corrected chi connectivity index (χ0v) is 12.8. The summed E-state index contributed by atoms with van der Waals surface area (Å²) in [5.74, 6) is 5.47. The van der Waals surface area contributed by atoms with Crippen molar-refractivity contribution in [2.24, 2.45) is 0 Å². The lowest BCUT2D eigenvalue weighted by Gasteiger charge is -2.04. The van der Waals surface area contributed by atoms with Gasteiger partial charge in [0.25, 0.3) is 10.0 Å². The largest absolute Gasteiger partial charge is 0.395 e. The van der Waals surface area contributed by atoms with Crippen LogP contribution in [0.5, 0.6) is 0 Å². The van der Waals surface area contributed by atoms with Gasteiger partial charge in [-0.3, -0.25) is 9.71 Å². The molecule has 0 bridgehead atoms. The third-order valence-corrected chi connectivity index (χ3v) is 4.60. The summed E-state index contributed by atoms with van der Waals surface area (Å²) < 4.78 is 26.8. The first-order chi connectivity index (χ1) is 10.0. The molecule has 2 aromatic heterocycles. The van der Waals surface area contributed by atoms with Gasteiger partial charge in [-0.1, -0.05) is 11.8 Å². The molecule has 0 aromatic carbocycles. The number of aromatic nitrogens is 2. The number of hydrogen-bond acceptors (Lipinski definition) is 6. The van der Waals surface area contributed by atoms with E-state index in [-0.39, 0.29) is 11.5 Å². The van der Waals surface area contributed by atoms with Gasteiger partial charge in [-0.05, 0) is 13.0 Å². The van der Waals surface area contributed by atoms with E-state index in [0.29, 0.717) is 17.1 Å². The minimum Gasteiger partial charge on any atom is -0.395 e. The molecule has 0 saturated carbocycles. The summed E-state index contributed by atoms with van der Waals surface area (Å²) in [7, 11) is -3.73. The van der Waals surface area contributed by atoms with Gasteiger partial charge in [0.2, 0.25) is 0 Å². The number of pyridine rings is 1. The second kappa shape index (κ2) is 6.67. The van der Waals surface area contributed by atoms with Crippen LogP contribution in [0.3, 0.4) is 0 Å². The molecule has 2 aromatic rings. The minimum atomic E-state index is -3.73. The van der Waals surface area contributed by atoms with Crippen molar-refractivity contribution in [1.82, 2.24) is 9.97 Å². The number of anilines is 1. The molecule has 0 saturated heterocycles. The summed E-state index contributed by atoms with van der Waals surface area (Å²) in [6, 6.07) is 1.43. The van der Waals surface area contributed by atoms with Crippen LogP contribution in [-0.2, 0) is 10.0 Å². The summed E-state index contributed by atoms with van der Waals surface area (Å²) >= 11 is 1.25. The number of sulfonamides is 1. The van der Waals surface area contributed by atoms with Crippen LogP contribution in [0.25, 0.3) is 0 Å². The van der Waals surface area contributed by atoms with E-state index < -0.39 is 10.0 Å². The average molecular weight is 323 g/mol. The molecule has 21 heavy (non-hydrogen) atoms. The summed E-state index contributed by atoms with van der Waals surface area (Å²) in [4.78, 5) is 8.77. The first kappa shape index (κ1) is 15.4. The Labute approximate surface area is 126 Å². The Bertz CT molecular complexity index is 788. The number of nitrogens with one attached hydrogen (secondary N) is 1. The van der Waals surface area contributed by atoms with Crippen molar-refractivity contribution in [3.05, 3.63) is 35.1 Å². The molecule has 0 atom stereocenters. The predicted molar refractivity (Wildman–Crippen MR) is 80.5 cm³/mol. The maximum absolute atomic E-state index is 12.2. The first-order valence-corrected chi connectivity index (χ1v) is 8.31. The van der Waals surface area contributed by atoms with Gasteiger partial charge in [0.05, 0.1) is 6.61 Å². The topological polar surface area (TPSA) is 92.2 Å². The summed E-state index contributed by atoms with van der Waals surface area (Å²) in [5.41, 5.74) is 0.474. The lowest BCUT2D eigenvalue weighted by Crippen LogP contribution is -2.13. The van der Waals surface area contributed by atoms with Crippen molar-refractivity contribution in [2.45, 2.75) is 18.2 Å². The molecule has 6 nitrogen and oxygen atoms in total. The highest BCUT2D eigenvalue weighted by molar-refractivity contribution is 7.93. The fraction of sp³-hybridized carbons (Fsp3) is 0.231. The third-order valence-electron chi connectivity index (χ3n) is 2.34. The maximum atomic E-state index is 12.2. The average Bonchev–Trinajstić information content (AvgIpc) is 2.84. The van der Waals surface area contributed by atoms with Crippen molar-refractivity contribution in [3.8, 4) is 11.8 Å². The standard InChI is InChI=1S/C13H13N3O3S2/c1-10-7-15-13(20-10)16-21(18,19)12-6-11(8-14-9-12)4-2-3-5-17/h6-9,17H,3,5H2,1H3,(H,15,16). The Morgan fingerprint density at radius 3 is 2.86 bits per heavy atom. The van der Waals surface area contributed by atoms with E-state index >= 15 is 0 Å². The highest BCUT2D eigenvalue weighted by atomic mass is 32.2. The number of thiazole rings is 1. The van der Waals surface area contributed by atoms with Gasteiger partial charge in [0.15, 0.2) is 5.13 Å². The maximum Gasteiger partial charge on any atom is 0.265 e. The summed E-state index contributed by atoms with van der Waals surface area (Å²) in [5, 5.41) is 8.97. The number of aliphatic hydroxyl groups is 1. The predicted octanol–water partition coefficient (Wildman–Crippen LogP) is 1.38. The van der Waals surface area contributed by atoms with Crippen LogP contribution in [0.4, 0.5) is 5.13 Å². The molecule has 2 rings (SSSR count). The van der Waals surface area contributed by atoms with E-state index in [1.165, 1.54) is 29.8 Å². The smallest absolute Gasteiger partial charge is 0.265 e. The van der Waals surface area contributed by atoms with Gasteiger partial charge in [-0.2, -0.15) is 0 Å². The number of hydrogen-bond donors (Lipinski definition) is 2. The van der Waals surface area contributed by atoms with Crippen LogP contribution >= 0.6 is 11.3 Å². The fourth-order valence-electron chi connectivity index (χ4n) is 1.43. The molecule has 0 unspecified atom stereocenters. The monoisotopic (exact) mass is 323 g/mol. The molecule has 110 valence electrons. The van der Waals surface area contributed by atoms with Gasteiger partial charge in [-0.25, -0.2) is 13.4 Å². The molecule has 0 amide bonds. The highest BCUT2D eigenvalue weighted by Gasteiger charge is 2.16. The molecular weight excluding hydrogens is 310 g/mol. The van der Waals surface area contributed by atoms with Crippen molar-refractivity contribution in [2.75, 3.05) is 11.3 Å². The van der Waals surface area contributed by atoms with Gasteiger partial charge in [0, 0.05) is 35.5 Å². The molecule has 0 spiro atoms. The summed E-state index contributed by atoms with van der Waals surface area (Å²) in [6.07, 6.45) is 4.64. The van der Waals surface area contributed by atoms with E-state index in [9.17, 15) is 8.42 Å². The molecule has 8 heteroatoms. The van der Waals surface area contributed by atoms with Crippen molar-refractivity contribution in [1.29, 1.82) is 0 Å². The second-order valence-corrected chi connectivity index (χ2v) is 6.98. The Hall–Kier alpha value is -1.95. The number of nitrogens with zero attached hydrogens (tertiary/aromatic N) is 2. The normalized spacial score (nSPS) is 10.8. The lowest BCUT2D eigenvalue weighted by molar-refractivity contribution is 0.305. The van der Waals surface area contributed by atoms with E-state index in [1.807, 2.05) is 6.92 Å². The van der Waals surface area contributed by atoms with Crippen LogP contribution in [0, 0.1) is 18.8 Å². The van der Waals surface area contributed by atoms with E-state index in [0.717, 1.165) is 4.88 Å².